The molecule has 0 aliphatic carbocycles. The van der Waals surface area contributed by atoms with Crippen LogP contribution in [-0.2, 0) is 20.9 Å². The number of hydrogen-bond acceptors (Lipinski definition) is 3. The first-order valence-electron chi connectivity index (χ1n) is 7.73. The van der Waals surface area contributed by atoms with Crippen LogP contribution in [0, 0.1) is 11.8 Å². The second-order valence-corrected chi connectivity index (χ2v) is 6.09. The number of carboxylic acid groups (broad SMARTS) is 1. The maximum Gasteiger partial charge on any atom is 0.308 e. The van der Waals surface area contributed by atoms with E-state index in [4.69, 9.17) is 5.11 Å². The van der Waals surface area contributed by atoms with Crippen LogP contribution in [-0.4, -0.2) is 40.4 Å². The fraction of sp³-hybridized carbons (Fsp3) is 0.471. The predicted molar refractivity (Wildman–Crippen MR) is 84.4 cm³/mol. The number of carbonyl (C=O) groups excluding carboxylic acids is 2. The summed E-state index contributed by atoms with van der Waals surface area (Å²) in [5, 5.41) is 11.7. The minimum Gasteiger partial charge on any atom is -0.481 e. The second kappa shape index (κ2) is 7.26. The Morgan fingerprint density at radius 1 is 1.30 bits per heavy atom. The fourth-order valence-corrected chi connectivity index (χ4v) is 2.59. The molecule has 2 N–H and O–H groups in total. The zero-order valence-corrected chi connectivity index (χ0v) is 13.4. The van der Waals surface area contributed by atoms with E-state index in [9.17, 15) is 14.4 Å². The number of benzene rings is 1. The van der Waals surface area contributed by atoms with Crippen LogP contribution < -0.4 is 5.32 Å². The number of aliphatic carboxylic acids is 1. The van der Waals surface area contributed by atoms with E-state index >= 15 is 0 Å². The van der Waals surface area contributed by atoms with Gasteiger partial charge in [-0.05, 0) is 19.4 Å². The van der Waals surface area contributed by atoms with E-state index in [0.29, 0.717) is 13.1 Å². The first-order valence-corrected chi connectivity index (χ1v) is 7.73. The molecule has 1 aliphatic heterocycles. The van der Waals surface area contributed by atoms with Gasteiger partial charge in [0, 0.05) is 25.6 Å². The molecule has 0 aromatic heterocycles. The van der Waals surface area contributed by atoms with Gasteiger partial charge in [0.2, 0.25) is 11.8 Å². The van der Waals surface area contributed by atoms with Crippen LogP contribution in [0.1, 0.15) is 25.8 Å². The first kappa shape index (κ1) is 17.0. The molecule has 1 aromatic rings. The summed E-state index contributed by atoms with van der Waals surface area (Å²) >= 11 is 0. The molecule has 1 fully saturated rings. The number of rotatable bonds is 6. The van der Waals surface area contributed by atoms with Crippen LogP contribution in [0.3, 0.4) is 0 Å². The summed E-state index contributed by atoms with van der Waals surface area (Å²) in [5.74, 6) is -2.35. The number of nitrogens with zero attached hydrogens (tertiary/aromatic N) is 1. The van der Waals surface area contributed by atoms with Gasteiger partial charge in [-0.25, -0.2) is 0 Å². The zero-order valence-electron chi connectivity index (χ0n) is 13.4. The van der Waals surface area contributed by atoms with Gasteiger partial charge in [-0.1, -0.05) is 30.3 Å². The smallest absolute Gasteiger partial charge is 0.308 e. The Hall–Kier alpha value is -2.37. The van der Waals surface area contributed by atoms with Crippen LogP contribution in [0.25, 0.3) is 0 Å². The van der Waals surface area contributed by atoms with E-state index in [1.165, 1.54) is 0 Å². The molecule has 0 radical (unpaired) electrons. The van der Waals surface area contributed by atoms with Crippen molar-refractivity contribution in [2.24, 2.45) is 11.8 Å². The Kier molecular flexibility index (Phi) is 5.36. The summed E-state index contributed by atoms with van der Waals surface area (Å²) in [4.78, 5) is 36.9. The Morgan fingerprint density at radius 2 is 1.96 bits per heavy atom. The Morgan fingerprint density at radius 3 is 2.57 bits per heavy atom. The highest BCUT2D eigenvalue weighted by Crippen LogP contribution is 2.21. The third-order valence-electron chi connectivity index (χ3n) is 4.31. The van der Waals surface area contributed by atoms with E-state index in [2.05, 4.69) is 5.32 Å². The van der Waals surface area contributed by atoms with Crippen molar-refractivity contribution in [3.05, 3.63) is 35.9 Å². The molecule has 0 spiro atoms. The molecule has 6 heteroatoms. The fourth-order valence-electron chi connectivity index (χ4n) is 2.59. The highest BCUT2D eigenvalue weighted by Gasteiger charge is 2.35. The van der Waals surface area contributed by atoms with E-state index in [1.54, 1.807) is 18.7 Å². The third-order valence-corrected chi connectivity index (χ3v) is 4.31. The summed E-state index contributed by atoms with van der Waals surface area (Å²) in [6, 6.07) is 9.15. The predicted octanol–water partition coefficient (Wildman–Crippen LogP) is 1.26. The molecule has 1 aromatic carbocycles. The topological polar surface area (TPSA) is 86.7 Å². The van der Waals surface area contributed by atoms with Crippen LogP contribution >= 0.6 is 0 Å². The number of carbonyl (C=O) groups is 3. The van der Waals surface area contributed by atoms with Crippen molar-refractivity contribution >= 4 is 17.8 Å². The second-order valence-electron chi connectivity index (χ2n) is 6.09. The summed E-state index contributed by atoms with van der Waals surface area (Å²) in [5.41, 5.74) is 1.02. The molecule has 3 unspecified atom stereocenters. The summed E-state index contributed by atoms with van der Waals surface area (Å²) in [7, 11) is 0. The molecular formula is C17H22N2O4. The minimum absolute atomic E-state index is 0.0482. The molecule has 3 atom stereocenters. The van der Waals surface area contributed by atoms with Crippen molar-refractivity contribution in [3.63, 3.8) is 0 Å². The van der Waals surface area contributed by atoms with Crippen molar-refractivity contribution in [3.8, 4) is 0 Å². The lowest BCUT2D eigenvalue weighted by Gasteiger charge is -2.20. The quantitative estimate of drug-likeness (QED) is 0.827. The number of nitrogens with one attached hydrogen (secondary N) is 1. The SMILES string of the molecule is CC(NC(=O)C1CC(=O)N(Cc2ccccc2)C1)C(C)C(=O)O. The normalized spacial score (nSPS) is 20.2. The number of likely N-dealkylation sites (tertiary alicyclic amines) is 1. The van der Waals surface area contributed by atoms with Gasteiger partial charge < -0.3 is 15.3 Å². The molecule has 2 rings (SSSR count). The average Bonchev–Trinajstić information content (AvgIpc) is 2.88. The van der Waals surface area contributed by atoms with Gasteiger partial charge in [-0.3, -0.25) is 14.4 Å². The average molecular weight is 318 g/mol. The van der Waals surface area contributed by atoms with E-state index in [1.807, 2.05) is 30.3 Å². The molecule has 0 bridgehead atoms. The lowest BCUT2D eigenvalue weighted by Crippen LogP contribution is -2.43. The van der Waals surface area contributed by atoms with Gasteiger partial charge in [-0.2, -0.15) is 0 Å². The van der Waals surface area contributed by atoms with Crippen molar-refractivity contribution < 1.29 is 19.5 Å². The standard InChI is InChI=1S/C17H22N2O4/c1-11(17(22)23)12(2)18-16(21)14-8-15(20)19(10-14)9-13-6-4-3-5-7-13/h3-7,11-12,14H,8-10H2,1-2H3,(H,18,21)(H,22,23). The summed E-state index contributed by atoms with van der Waals surface area (Å²) in [6.07, 6.45) is 0.173. The molecule has 1 saturated heterocycles. The molecule has 0 saturated carbocycles. The van der Waals surface area contributed by atoms with Crippen molar-refractivity contribution in [2.75, 3.05) is 6.54 Å². The maximum absolute atomic E-state index is 12.2. The Bertz CT molecular complexity index is 588. The van der Waals surface area contributed by atoms with Crippen molar-refractivity contribution in [1.82, 2.24) is 10.2 Å². The molecule has 2 amide bonds. The third kappa shape index (κ3) is 4.31. The highest BCUT2D eigenvalue weighted by atomic mass is 16.4. The molecule has 124 valence electrons. The van der Waals surface area contributed by atoms with Crippen LogP contribution in [0.2, 0.25) is 0 Å². The number of carboxylic acids is 1. The van der Waals surface area contributed by atoms with E-state index in [0.717, 1.165) is 5.56 Å². The molecule has 1 aliphatic rings. The van der Waals surface area contributed by atoms with Crippen LogP contribution in [0.4, 0.5) is 0 Å². The largest absolute Gasteiger partial charge is 0.481 e. The molecule has 1 heterocycles. The monoisotopic (exact) mass is 318 g/mol. The number of amides is 2. The van der Waals surface area contributed by atoms with Gasteiger partial charge in [-0.15, -0.1) is 0 Å². The van der Waals surface area contributed by atoms with Crippen LogP contribution in [0.15, 0.2) is 30.3 Å². The molecule has 6 nitrogen and oxygen atoms in total. The number of hydrogen-bond donors (Lipinski definition) is 2. The lowest BCUT2D eigenvalue weighted by molar-refractivity contribution is -0.142. The maximum atomic E-state index is 12.2. The lowest BCUT2D eigenvalue weighted by atomic mass is 10.0. The Balaban J connectivity index is 1.91. The zero-order chi connectivity index (χ0) is 17.0. The van der Waals surface area contributed by atoms with Gasteiger partial charge in [0.15, 0.2) is 0 Å². The van der Waals surface area contributed by atoms with Crippen LogP contribution in [0.5, 0.6) is 0 Å². The molecule has 23 heavy (non-hydrogen) atoms. The van der Waals surface area contributed by atoms with E-state index < -0.39 is 23.8 Å². The van der Waals surface area contributed by atoms with Gasteiger partial charge in [0.05, 0.1) is 11.8 Å². The Labute approximate surface area is 135 Å². The minimum atomic E-state index is -0.953. The van der Waals surface area contributed by atoms with Crippen molar-refractivity contribution in [2.45, 2.75) is 32.9 Å². The van der Waals surface area contributed by atoms with E-state index in [-0.39, 0.29) is 18.2 Å². The van der Waals surface area contributed by atoms with Gasteiger partial charge in [0.25, 0.3) is 0 Å². The summed E-state index contributed by atoms with van der Waals surface area (Å²) in [6.45, 7) is 4.07. The van der Waals surface area contributed by atoms with Gasteiger partial charge in [0.1, 0.15) is 0 Å². The molecular weight excluding hydrogens is 296 g/mol. The first-order chi connectivity index (χ1) is 10.9. The highest BCUT2D eigenvalue weighted by molar-refractivity contribution is 5.89. The van der Waals surface area contributed by atoms with Gasteiger partial charge >= 0.3 is 5.97 Å². The van der Waals surface area contributed by atoms with Crippen molar-refractivity contribution in [1.29, 1.82) is 0 Å². The summed E-state index contributed by atoms with van der Waals surface area (Å²) < 4.78 is 0.